The monoisotopic (exact) mass is 533 g/mol. The average Bonchev–Trinajstić information content (AvgIpc) is 2.77. The van der Waals surface area contributed by atoms with Crippen molar-refractivity contribution in [2.45, 2.75) is 37.8 Å². The summed E-state index contributed by atoms with van der Waals surface area (Å²) < 4.78 is 14.9. The molecule has 1 N–H and O–H groups in total. The molecule has 0 radical (unpaired) electrons. The van der Waals surface area contributed by atoms with E-state index in [-0.39, 0.29) is 54.6 Å². The molecule has 1 heterocycles. The fourth-order valence-electron chi connectivity index (χ4n) is 4.97. The van der Waals surface area contributed by atoms with Gasteiger partial charge in [-0.05, 0) is 44.2 Å². The molecule has 9 heteroatoms. The molecule has 0 atom stereocenters. The lowest BCUT2D eigenvalue weighted by Gasteiger charge is -2.46. The molecule has 1 saturated carbocycles. The van der Waals surface area contributed by atoms with E-state index >= 15 is 0 Å². The zero-order valence-corrected chi connectivity index (χ0v) is 22.2. The average molecular weight is 535 g/mol. The lowest BCUT2D eigenvalue weighted by Crippen LogP contribution is -2.47. The SMILES string of the molecule is CN1CCN(Cc2cc(N(C)C3(c4ccccc4F)CCC(=O)CC3)ccc2O)CC1.Cl.Cl.Cl. The minimum Gasteiger partial charge on any atom is -0.508 e. The van der Waals surface area contributed by atoms with E-state index in [1.165, 1.54) is 6.07 Å². The molecule has 2 fully saturated rings. The van der Waals surface area contributed by atoms with Crippen LogP contribution in [0.4, 0.5) is 10.1 Å². The standard InChI is InChI=1S/C25H32FN3O2.3ClH/c1-27-13-15-29(16-14-27)18-19-17-20(7-8-24(19)31)28(2)25(11-9-21(30)10-12-25)22-5-3-4-6-23(22)26;;;/h3-8,17,31H,9-16,18H2,1-2H3;3*1H. The molecule has 0 unspecified atom stereocenters. The van der Waals surface area contributed by atoms with Crippen LogP contribution in [0.25, 0.3) is 0 Å². The maximum atomic E-state index is 14.9. The number of hydrogen-bond donors (Lipinski definition) is 1. The van der Waals surface area contributed by atoms with E-state index in [1.54, 1.807) is 12.1 Å². The first-order chi connectivity index (χ1) is 14.9. The summed E-state index contributed by atoms with van der Waals surface area (Å²) in [5, 5.41) is 10.5. The highest BCUT2D eigenvalue weighted by Gasteiger charge is 2.42. The first kappa shape index (κ1) is 30.5. The Morgan fingerprint density at radius 2 is 1.62 bits per heavy atom. The Labute approximate surface area is 220 Å². The van der Waals surface area contributed by atoms with Crippen molar-refractivity contribution in [3.63, 3.8) is 0 Å². The number of halogens is 4. The van der Waals surface area contributed by atoms with E-state index in [9.17, 15) is 14.3 Å². The highest BCUT2D eigenvalue weighted by Crippen LogP contribution is 2.44. The molecule has 4 rings (SSSR count). The molecule has 0 bridgehead atoms. The normalized spacial score (nSPS) is 18.3. The minimum atomic E-state index is -0.582. The van der Waals surface area contributed by atoms with Gasteiger partial charge in [-0.3, -0.25) is 9.69 Å². The molecule has 190 valence electrons. The number of likely N-dealkylation sites (N-methyl/N-ethyl adjacent to an activating group) is 1. The number of rotatable bonds is 5. The van der Waals surface area contributed by atoms with E-state index in [2.05, 4.69) is 21.7 Å². The number of carbonyl (C=O) groups excluding carboxylic acids is 1. The number of anilines is 1. The van der Waals surface area contributed by atoms with E-state index in [0.717, 1.165) is 37.4 Å². The number of piperazine rings is 1. The summed E-state index contributed by atoms with van der Waals surface area (Å²) in [6.07, 6.45) is 2.06. The number of nitrogens with zero attached hydrogens (tertiary/aromatic N) is 3. The van der Waals surface area contributed by atoms with Crippen molar-refractivity contribution in [2.24, 2.45) is 0 Å². The number of carbonyl (C=O) groups is 1. The molecule has 1 aliphatic carbocycles. The van der Waals surface area contributed by atoms with Crippen LogP contribution in [0.1, 0.15) is 36.8 Å². The van der Waals surface area contributed by atoms with E-state index in [0.29, 0.717) is 37.8 Å². The van der Waals surface area contributed by atoms with Crippen molar-refractivity contribution < 1.29 is 14.3 Å². The van der Waals surface area contributed by atoms with Gasteiger partial charge in [-0.1, -0.05) is 18.2 Å². The molecule has 1 aliphatic heterocycles. The third-order valence-corrected chi connectivity index (χ3v) is 7.09. The van der Waals surface area contributed by atoms with E-state index < -0.39 is 5.54 Å². The second-order valence-corrected chi connectivity index (χ2v) is 9.00. The van der Waals surface area contributed by atoms with Gasteiger partial charge in [0.05, 0.1) is 5.54 Å². The van der Waals surface area contributed by atoms with Gasteiger partial charge in [0.2, 0.25) is 0 Å². The zero-order chi connectivity index (χ0) is 22.0. The molecule has 2 aliphatic rings. The van der Waals surface area contributed by atoms with Crippen LogP contribution < -0.4 is 4.90 Å². The Balaban J connectivity index is 0.00000193. The number of phenols is 1. The quantitative estimate of drug-likeness (QED) is 0.584. The van der Waals surface area contributed by atoms with Gasteiger partial charge in [0, 0.05) is 69.4 Å². The predicted octanol–water partition coefficient (Wildman–Crippen LogP) is 5.02. The van der Waals surface area contributed by atoms with Gasteiger partial charge in [0.25, 0.3) is 0 Å². The zero-order valence-electron chi connectivity index (χ0n) is 19.7. The van der Waals surface area contributed by atoms with Crippen LogP contribution in [-0.2, 0) is 16.9 Å². The topological polar surface area (TPSA) is 47.0 Å². The van der Waals surface area contributed by atoms with E-state index in [4.69, 9.17) is 0 Å². The summed E-state index contributed by atoms with van der Waals surface area (Å²) in [7, 11) is 4.11. The molecule has 1 saturated heterocycles. The van der Waals surface area contributed by atoms with Crippen LogP contribution in [0, 0.1) is 5.82 Å². The number of benzene rings is 2. The number of aromatic hydroxyl groups is 1. The highest BCUT2D eigenvalue weighted by molar-refractivity contribution is 5.86. The van der Waals surface area contributed by atoms with Crippen molar-refractivity contribution in [3.8, 4) is 5.75 Å². The molecule has 0 amide bonds. The predicted molar refractivity (Wildman–Crippen MR) is 143 cm³/mol. The molecule has 2 aromatic rings. The van der Waals surface area contributed by atoms with E-state index in [1.807, 2.05) is 31.3 Å². The van der Waals surface area contributed by atoms with Gasteiger partial charge in [0.1, 0.15) is 17.3 Å². The Morgan fingerprint density at radius 3 is 2.24 bits per heavy atom. The number of ketones is 1. The van der Waals surface area contributed by atoms with Crippen LogP contribution in [-0.4, -0.2) is 61.0 Å². The smallest absolute Gasteiger partial charge is 0.133 e. The fraction of sp³-hybridized carbons (Fsp3) is 0.480. The van der Waals surface area contributed by atoms with Gasteiger partial charge < -0.3 is 14.9 Å². The van der Waals surface area contributed by atoms with Crippen molar-refractivity contribution in [3.05, 3.63) is 59.4 Å². The number of hydrogen-bond acceptors (Lipinski definition) is 5. The van der Waals surface area contributed by atoms with Gasteiger partial charge in [-0.2, -0.15) is 0 Å². The first-order valence-corrected chi connectivity index (χ1v) is 11.1. The van der Waals surface area contributed by atoms with Crippen molar-refractivity contribution >= 4 is 48.7 Å². The maximum absolute atomic E-state index is 14.9. The molecule has 5 nitrogen and oxygen atoms in total. The summed E-state index contributed by atoms with van der Waals surface area (Å²) in [4.78, 5) is 18.8. The third-order valence-electron chi connectivity index (χ3n) is 7.09. The second kappa shape index (κ2) is 12.9. The molecule has 0 spiro atoms. The van der Waals surface area contributed by atoms with Crippen molar-refractivity contribution in [1.82, 2.24) is 9.80 Å². The summed E-state index contributed by atoms with van der Waals surface area (Å²) >= 11 is 0. The summed E-state index contributed by atoms with van der Waals surface area (Å²) in [5.74, 6) is 0.289. The maximum Gasteiger partial charge on any atom is 0.133 e. The van der Waals surface area contributed by atoms with Crippen LogP contribution in [0.2, 0.25) is 0 Å². The Hall–Kier alpha value is -1.57. The van der Waals surface area contributed by atoms with Crippen molar-refractivity contribution in [2.75, 3.05) is 45.2 Å². The fourth-order valence-corrected chi connectivity index (χ4v) is 4.97. The third kappa shape index (κ3) is 6.35. The lowest BCUT2D eigenvalue weighted by molar-refractivity contribution is -0.121. The van der Waals surface area contributed by atoms with Gasteiger partial charge in [-0.15, -0.1) is 37.2 Å². The van der Waals surface area contributed by atoms with Crippen LogP contribution >= 0.6 is 37.2 Å². The van der Waals surface area contributed by atoms with Crippen LogP contribution in [0.3, 0.4) is 0 Å². The number of phenolic OH excluding ortho intramolecular Hbond substituents is 1. The summed E-state index contributed by atoms with van der Waals surface area (Å²) in [6, 6.07) is 12.5. The van der Waals surface area contributed by atoms with Crippen LogP contribution in [0.15, 0.2) is 42.5 Å². The molecule has 2 aromatic carbocycles. The van der Waals surface area contributed by atoms with Gasteiger partial charge in [-0.25, -0.2) is 4.39 Å². The van der Waals surface area contributed by atoms with Gasteiger partial charge >= 0.3 is 0 Å². The Kier molecular flexibility index (Phi) is 11.6. The molecular formula is C25H35Cl3FN3O2. The summed E-state index contributed by atoms with van der Waals surface area (Å²) in [5.41, 5.74) is 1.86. The molecule has 34 heavy (non-hydrogen) atoms. The molecular weight excluding hydrogens is 500 g/mol. The van der Waals surface area contributed by atoms with Crippen molar-refractivity contribution in [1.29, 1.82) is 0 Å². The second-order valence-electron chi connectivity index (χ2n) is 9.00. The first-order valence-electron chi connectivity index (χ1n) is 11.1. The Morgan fingerprint density at radius 1 is 1.00 bits per heavy atom. The summed E-state index contributed by atoms with van der Waals surface area (Å²) in [6.45, 7) is 4.66. The lowest BCUT2D eigenvalue weighted by atomic mass is 9.74. The van der Waals surface area contributed by atoms with Gasteiger partial charge in [0.15, 0.2) is 0 Å². The van der Waals surface area contributed by atoms with Crippen LogP contribution in [0.5, 0.6) is 5.75 Å². The Bertz CT molecular complexity index is 945. The molecule has 0 aromatic heterocycles. The minimum absolute atomic E-state index is 0. The number of Topliss-reactive ketones (excluding diaryl/α,β-unsaturated/α-hetero) is 1. The largest absolute Gasteiger partial charge is 0.508 e. The highest BCUT2D eigenvalue weighted by atomic mass is 35.5.